The largest absolute Gasteiger partial charge is 0.444 e. The first-order valence-electron chi connectivity index (χ1n) is 8.66. The molecule has 0 spiro atoms. The van der Waals surface area contributed by atoms with Gasteiger partial charge in [0, 0.05) is 25.2 Å². The van der Waals surface area contributed by atoms with Crippen molar-refractivity contribution in [1.82, 2.24) is 4.90 Å². The molecule has 2 amide bonds. The highest BCUT2D eigenvalue weighted by molar-refractivity contribution is 5.94. The van der Waals surface area contributed by atoms with Crippen LogP contribution in [0.3, 0.4) is 0 Å². The van der Waals surface area contributed by atoms with E-state index >= 15 is 0 Å². The predicted octanol–water partition coefficient (Wildman–Crippen LogP) is 3.47. The van der Waals surface area contributed by atoms with Crippen molar-refractivity contribution in [1.29, 1.82) is 0 Å². The third-order valence-electron chi connectivity index (χ3n) is 4.59. The van der Waals surface area contributed by atoms with E-state index in [1.807, 2.05) is 20.8 Å². The Labute approximate surface area is 143 Å². The van der Waals surface area contributed by atoms with Crippen LogP contribution in [0.1, 0.15) is 56.7 Å². The number of carbonyl (C=O) groups excluding carboxylic acids is 2. The van der Waals surface area contributed by atoms with Crippen LogP contribution in [-0.4, -0.2) is 35.6 Å². The molecule has 0 saturated heterocycles. The first-order chi connectivity index (χ1) is 11.2. The van der Waals surface area contributed by atoms with Gasteiger partial charge in [-0.2, -0.15) is 0 Å². The van der Waals surface area contributed by atoms with Crippen molar-refractivity contribution in [2.45, 2.75) is 58.5 Å². The number of nitrogens with zero attached hydrogens (tertiary/aromatic N) is 1. The van der Waals surface area contributed by atoms with Gasteiger partial charge in [-0.1, -0.05) is 13.0 Å². The van der Waals surface area contributed by atoms with Gasteiger partial charge in [0.15, 0.2) is 0 Å². The molecule has 2 aliphatic heterocycles. The van der Waals surface area contributed by atoms with Crippen molar-refractivity contribution >= 4 is 17.7 Å². The molecule has 1 aromatic rings. The third-order valence-corrected chi connectivity index (χ3v) is 4.59. The lowest BCUT2D eigenvalue weighted by atomic mass is 9.90. The van der Waals surface area contributed by atoms with E-state index in [0.29, 0.717) is 19.5 Å². The Bertz CT molecular complexity index is 676. The molecule has 3 rings (SSSR count). The topological polar surface area (TPSA) is 58.6 Å². The molecule has 0 bridgehead atoms. The van der Waals surface area contributed by atoms with E-state index in [-0.39, 0.29) is 17.9 Å². The molecule has 0 aliphatic carbocycles. The van der Waals surface area contributed by atoms with Crippen LogP contribution < -0.4 is 5.32 Å². The molecule has 0 fully saturated rings. The fourth-order valence-electron chi connectivity index (χ4n) is 3.44. The molecule has 1 N–H and O–H groups in total. The predicted molar refractivity (Wildman–Crippen MR) is 93.3 cm³/mol. The normalized spacial score (nSPS) is 20.6. The van der Waals surface area contributed by atoms with E-state index in [4.69, 9.17) is 4.74 Å². The summed E-state index contributed by atoms with van der Waals surface area (Å²) in [5.41, 5.74) is 4.15. The fraction of sp³-hybridized carbons (Fsp3) is 0.579. The average Bonchev–Trinajstić information content (AvgIpc) is 2.63. The Balaban J connectivity index is 1.82. The summed E-state index contributed by atoms with van der Waals surface area (Å²) in [6.07, 6.45) is 1.86. The van der Waals surface area contributed by atoms with E-state index in [2.05, 4.69) is 24.4 Å². The molecule has 1 atom stereocenters. The molecule has 0 saturated carbocycles. The SMILES string of the molecule is CC1CN(C(=O)OC(C)(C)C)CCc2cc3c(cc21)CCC(=O)N3. The van der Waals surface area contributed by atoms with Gasteiger partial charge in [0.05, 0.1) is 0 Å². The molecule has 24 heavy (non-hydrogen) atoms. The van der Waals surface area contributed by atoms with Gasteiger partial charge in [0.25, 0.3) is 0 Å². The second-order valence-corrected chi connectivity index (χ2v) is 7.83. The molecule has 5 nitrogen and oxygen atoms in total. The van der Waals surface area contributed by atoms with Crippen molar-refractivity contribution < 1.29 is 14.3 Å². The van der Waals surface area contributed by atoms with E-state index < -0.39 is 5.60 Å². The highest BCUT2D eigenvalue weighted by atomic mass is 16.6. The highest BCUT2D eigenvalue weighted by Gasteiger charge is 2.28. The second-order valence-electron chi connectivity index (χ2n) is 7.83. The van der Waals surface area contributed by atoms with Crippen molar-refractivity contribution in [3.63, 3.8) is 0 Å². The highest BCUT2D eigenvalue weighted by Crippen LogP contribution is 2.33. The lowest BCUT2D eigenvalue weighted by Gasteiger charge is -2.27. The summed E-state index contributed by atoms with van der Waals surface area (Å²) in [7, 11) is 0. The van der Waals surface area contributed by atoms with Crippen LogP contribution in [-0.2, 0) is 22.4 Å². The Morgan fingerprint density at radius 3 is 2.67 bits per heavy atom. The minimum Gasteiger partial charge on any atom is -0.444 e. The first kappa shape index (κ1) is 16.8. The van der Waals surface area contributed by atoms with Gasteiger partial charge in [0.1, 0.15) is 5.60 Å². The standard InChI is InChI=1S/C19H26N2O3/c1-12-11-21(18(23)24-19(2,3)4)8-7-13-10-16-14(9-15(12)13)5-6-17(22)20-16/h9-10,12H,5-8,11H2,1-4H3,(H,20,22). The third kappa shape index (κ3) is 3.55. The fourth-order valence-corrected chi connectivity index (χ4v) is 3.44. The molecule has 1 aromatic carbocycles. The van der Waals surface area contributed by atoms with E-state index in [0.717, 1.165) is 18.5 Å². The molecule has 2 aliphatic rings. The number of ether oxygens (including phenoxy) is 1. The van der Waals surface area contributed by atoms with Crippen LogP contribution in [0, 0.1) is 0 Å². The van der Waals surface area contributed by atoms with Crippen molar-refractivity contribution in [3.8, 4) is 0 Å². The molecule has 1 unspecified atom stereocenters. The van der Waals surface area contributed by atoms with Gasteiger partial charge in [-0.05, 0) is 62.3 Å². The minimum absolute atomic E-state index is 0.0829. The molecule has 0 aromatic heterocycles. The summed E-state index contributed by atoms with van der Waals surface area (Å²) in [6, 6.07) is 4.31. The number of carbonyl (C=O) groups is 2. The monoisotopic (exact) mass is 330 g/mol. The van der Waals surface area contributed by atoms with Crippen LogP contribution in [0.25, 0.3) is 0 Å². The van der Waals surface area contributed by atoms with Crippen molar-refractivity contribution in [2.75, 3.05) is 18.4 Å². The number of hydrogen-bond acceptors (Lipinski definition) is 3. The van der Waals surface area contributed by atoms with E-state index in [9.17, 15) is 9.59 Å². The Morgan fingerprint density at radius 2 is 1.96 bits per heavy atom. The average molecular weight is 330 g/mol. The van der Waals surface area contributed by atoms with Gasteiger partial charge in [-0.25, -0.2) is 4.79 Å². The second kappa shape index (κ2) is 6.11. The van der Waals surface area contributed by atoms with Crippen LogP contribution in [0.15, 0.2) is 12.1 Å². The van der Waals surface area contributed by atoms with E-state index in [1.165, 1.54) is 16.7 Å². The van der Waals surface area contributed by atoms with Gasteiger partial charge in [-0.15, -0.1) is 0 Å². The molecule has 2 heterocycles. The number of amides is 2. The molecule has 130 valence electrons. The summed E-state index contributed by atoms with van der Waals surface area (Å²) in [5.74, 6) is 0.331. The zero-order chi connectivity index (χ0) is 17.5. The number of anilines is 1. The molecule has 0 radical (unpaired) electrons. The van der Waals surface area contributed by atoms with Crippen LogP contribution >= 0.6 is 0 Å². The maximum atomic E-state index is 12.4. The van der Waals surface area contributed by atoms with Crippen LogP contribution in [0.2, 0.25) is 0 Å². The molecule has 5 heteroatoms. The minimum atomic E-state index is -0.483. The van der Waals surface area contributed by atoms with Gasteiger partial charge in [-0.3, -0.25) is 4.79 Å². The smallest absolute Gasteiger partial charge is 0.410 e. The maximum Gasteiger partial charge on any atom is 0.410 e. The summed E-state index contributed by atoms with van der Waals surface area (Å²) < 4.78 is 5.52. The summed E-state index contributed by atoms with van der Waals surface area (Å²) in [6.45, 7) is 9.11. The number of hydrogen-bond donors (Lipinski definition) is 1. The Kier molecular flexibility index (Phi) is 4.28. The number of benzene rings is 1. The summed E-state index contributed by atoms with van der Waals surface area (Å²) >= 11 is 0. The van der Waals surface area contributed by atoms with Gasteiger partial charge >= 0.3 is 6.09 Å². The van der Waals surface area contributed by atoms with E-state index in [1.54, 1.807) is 4.90 Å². The summed E-state index contributed by atoms with van der Waals surface area (Å²) in [4.78, 5) is 25.8. The number of aryl methyl sites for hydroxylation is 1. The number of nitrogens with one attached hydrogen (secondary N) is 1. The van der Waals surface area contributed by atoms with Crippen molar-refractivity contribution in [3.05, 3.63) is 28.8 Å². The van der Waals surface area contributed by atoms with Gasteiger partial charge < -0.3 is 15.0 Å². The number of rotatable bonds is 0. The zero-order valence-corrected chi connectivity index (χ0v) is 14.9. The first-order valence-corrected chi connectivity index (χ1v) is 8.66. The molecular formula is C19H26N2O3. The van der Waals surface area contributed by atoms with Crippen LogP contribution in [0.5, 0.6) is 0 Å². The zero-order valence-electron chi connectivity index (χ0n) is 14.9. The lowest BCUT2D eigenvalue weighted by molar-refractivity contribution is -0.116. The Hall–Kier alpha value is -2.04. The Morgan fingerprint density at radius 1 is 1.21 bits per heavy atom. The maximum absolute atomic E-state index is 12.4. The van der Waals surface area contributed by atoms with Gasteiger partial charge in [0.2, 0.25) is 5.91 Å². The quantitative estimate of drug-likeness (QED) is 0.792. The summed E-state index contributed by atoms with van der Waals surface area (Å²) in [5, 5.41) is 2.97. The lowest BCUT2D eigenvalue weighted by Crippen LogP contribution is -2.38. The molecular weight excluding hydrogens is 304 g/mol. The van der Waals surface area contributed by atoms with Crippen LogP contribution in [0.4, 0.5) is 10.5 Å². The van der Waals surface area contributed by atoms with Crippen molar-refractivity contribution in [2.24, 2.45) is 0 Å². The number of fused-ring (bicyclic) bond motifs is 2.